The summed E-state index contributed by atoms with van der Waals surface area (Å²) in [6.07, 6.45) is 4.89. The first-order valence-electron chi connectivity index (χ1n) is 7.25. The van der Waals surface area contributed by atoms with Crippen LogP contribution in [0.15, 0.2) is 36.5 Å². The predicted octanol–water partition coefficient (Wildman–Crippen LogP) is 5.46. The molecule has 0 spiro atoms. The molecule has 0 aliphatic rings. The third-order valence-electron chi connectivity index (χ3n) is 3.83. The Kier molecular flexibility index (Phi) is 4.89. The Morgan fingerprint density at radius 2 is 1.95 bits per heavy atom. The van der Waals surface area contributed by atoms with Gasteiger partial charge >= 0.3 is 0 Å². The maximum atomic E-state index is 14.8. The number of nitrogens with zero attached hydrogens (tertiary/aromatic N) is 1. The van der Waals surface area contributed by atoms with Crippen molar-refractivity contribution in [3.05, 3.63) is 42.1 Å². The molecule has 2 heteroatoms. The van der Waals surface area contributed by atoms with Crippen molar-refractivity contribution in [1.82, 2.24) is 4.98 Å². The minimum Gasteiger partial charge on any atom is -0.256 e. The van der Waals surface area contributed by atoms with Crippen molar-refractivity contribution >= 4 is 10.9 Å². The number of fused-ring (bicyclic) bond motifs is 1. The van der Waals surface area contributed by atoms with Crippen molar-refractivity contribution in [1.29, 1.82) is 0 Å². The molecule has 102 valence electrons. The zero-order chi connectivity index (χ0) is 13.7. The highest BCUT2D eigenvalue weighted by atomic mass is 19.1. The van der Waals surface area contributed by atoms with E-state index < -0.39 is 6.17 Å². The summed E-state index contributed by atoms with van der Waals surface area (Å²) in [5, 5.41) is 1.02. The lowest BCUT2D eigenvalue weighted by atomic mass is 9.89. The van der Waals surface area contributed by atoms with Crippen LogP contribution in [-0.2, 0) is 0 Å². The molecule has 2 atom stereocenters. The van der Waals surface area contributed by atoms with Crippen LogP contribution in [0.2, 0.25) is 0 Å². The van der Waals surface area contributed by atoms with Crippen LogP contribution in [-0.4, -0.2) is 4.98 Å². The lowest BCUT2D eigenvalue weighted by molar-refractivity contribution is 0.212. The van der Waals surface area contributed by atoms with E-state index in [1.165, 1.54) is 0 Å². The van der Waals surface area contributed by atoms with Gasteiger partial charge in [0.05, 0.1) is 5.52 Å². The zero-order valence-corrected chi connectivity index (χ0v) is 11.8. The van der Waals surface area contributed by atoms with E-state index in [4.69, 9.17) is 0 Å². The molecular weight excluding hydrogens is 237 g/mol. The predicted molar refractivity (Wildman–Crippen MR) is 78.9 cm³/mol. The summed E-state index contributed by atoms with van der Waals surface area (Å²) < 4.78 is 14.8. The molecule has 0 saturated carbocycles. The first-order chi connectivity index (χ1) is 9.27. The summed E-state index contributed by atoms with van der Waals surface area (Å²) in [6, 6.07) is 9.69. The lowest BCUT2D eigenvalue weighted by Gasteiger charge is -2.20. The topological polar surface area (TPSA) is 12.9 Å². The van der Waals surface area contributed by atoms with Gasteiger partial charge < -0.3 is 0 Å². The quantitative estimate of drug-likeness (QED) is 0.671. The lowest BCUT2D eigenvalue weighted by Crippen LogP contribution is -2.09. The summed E-state index contributed by atoms with van der Waals surface area (Å²) in [4.78, 5) is 4.36. The Morgan fingerprint density at radius 3 is 2.68 bits per heavy atom. The van der Waals surface area contributed by atoms with Crippen molar-refractivity contribution in [2.45, 2.75) is 45.7 Å². The fourth-order valence-electron chi connectivity index (χ4n) is 2.63. The van der Waals surface area contributed by atoms with E-state index in [0.717, 1.165) is 42.1 Å². The van der Waals surface area contributed by atoms with Gasteiger partial charge in [0.25, 0.3) is 0 Å². The number of aromatic nitrogens is 1. The summed E-state index contributed by atoms with van der Waals surface area (Å²) in [5.41, 5.74) is 1.56. The third-order valence-corrected chi connectivity index (χ3v) is 3.83. The van der Waals surface area contributed by atoms with Crippen LogP contribution in [0.4, 0.5) is 4.39 Å². The molecule has 0 aliphatic carbocycles. The van der Waals surface area contributed by atoms with Crippen LogP contribution in [0.3, 0.4) is 0 Å². The maximum absolute atomic E-state index is 14.8. The van der Waals surface area contributed by atoms with E-state index in [0.29, 0.717) is 0 Å². The summed E-state index contributed by atoms with van der Waals surface area (Å²) in [5.74, 6) is 0.104. The van der Waals surface area contributed by atoms with Crippen LogP contribution < -0.4 is 0 Å². The van der Waals surface area contributed by atoms with Gasteiger partial charge in [0, 0.05) is 17.1 Å². The Hall–Kier alpha value is -1.44. The third kappa shape index (κ3) is 3.12. The number of benzene rings is 1. The van der Waals surface area contributed by atoms with Gasteiger partial charge in [-0.05, 0) is 18.4 Å². The molecule has 0 N–H and O–H groups in total. The van der Waals surface area contributed by atoms with Crippen LogP contribution >= 0.6 is 0 Å². The monoisotopic (exact) mass is 259 g/mol. The van der Waals surface area contributed by atoms with Gasteiger partial charge in [0.15, 0.2) is 0 Å². The van der Waals surface area contributed by atoms with Gasteiger partial charge in [-0.1, -0.05) is 57.4 Å². The number of alkyl halides is 1. The Balaban J connectivity index is 2.31. The zero-order valence-electron chi connectivity index (χ0n) is 11.8. The van der Waals surface area contributed by atoms with Gasteiger partial charge in [0.1, 0.15) is 6.17 Å². The maximum Gasteiger partial charge on any atom is 0.130 e. The molecule has 19 heavy (non-hydrogen) atoms. The van der Waals surface area contributed by atoms with Crippen LogP contribution in [0, 0.1) is 5.92 Å². The highest BCUT2D eigenvalue weighted by Crippen LogP contribution is 2.35. The van der Waals surface area contributed by atoms with E-state index in [-0.39, 0.29) is 5.92 Å². The minimum absolute atomic E-state index is 0.104. The Morgan fingerprint density at radius 1 is 1.16 bits per heavy atom. The van der Waals surface area contributed by atoms with Gasteiger partial charge in [0.2, 0.25) is 0 Å². The normalized spacial score (nSPS) is 14.5. The van der Waals surface area contributed by atoms with Gasteiger partial charge in [-0.25, -0.2) is 4.39 Å². The number of hydrogen-bond acceptors (Lipinski definition) is 1. The Labute approximate surface area is 114 Å². The molecule has 0 amide bonds. The molecule has 0 radical (unpaired) electrons. The summed E-state index contributed by atoms with van der Waals surface area (Å²) in [6.45, 7) is 4.23. The number of rotatable bonds is 6. The SMILES string of the molecule is CCCCC(CC)C(F)c1cccc2cccnc12. The molecule has 1 aromatic heterocycles. The van der Waals surface area contributed by atoms with Crippen LogP contribution in [0.1, 0.15) is 51.3 Å². The minimum atomic E-state index is -0.907. The van der Waals surface area contributed by atoms with Gasteiger partial charge in [-0.15, -0.1) is 0 Å². The van der Waals surface area contributed by atoms with Crippen molar-refractivity contribution < 1.29 is 4.39 Å². The van der Waals surface area contributed by atoms with E-state index in [9.17, 15) is 4.39 Å². The number of halogens is 1. The molecule has 2 rings (SSSR count). The smallest absolute Gasteiger partial charge is 0.130 e. The average Bonchev–Trinajstić information content (AvgIpc) is 2.47. The van der Waals surface area contributed by atoms with Gasteiger partial charge in [-0.3, -0.25) is 4.98 Å². The van der Waals surface area contributed by atoms with E-state index in [2.05, 4.69) is 18.8 Å². The van der Waals surface area contributed by atoms with Crippen molar-refractivity contribution in [2.24, 2.45) is 5.92 Å². The second-order valence-corrected chi connectivity index (χ2v) is 5.13. The van der Waals surface area contributed by atoms with Crippen LogP contribution in [0.25, 0.3) is 10.9 Å². The molecule has 1 nitrogen and oxygen atoms in total. The molecule has 0 aliphatic heterocycles. The highest BCUT2D eigenvalue weighted by molar-refractivity contribution is 5.81. The van der Waals surface area contributed by atoms with Crippen molar-refractivity contribution in [2.75, 3.05) is 0 Å². The van der Waals surface area contributed by atoms with Crippen molar-refractivity contribution in [3.8, 4) is 0 Å². The number of pyridine rings is 1. The van der Waals surface area contributed by atoms with Gasteiger partial charge in [-0.2, -0.15) is 0 Å². The van der Waals surface area contributed by atoms with Crippen molar-refractivity contribution in [3.63, 3.8) is 0 Å². The molecule has 0 saturated heterocycles. The fraction of sp³-hybridized carbons (Fsp3) is 0.471. The molecule has 0 fully saturated rings. The first-order valence-corrected chi connectivity index (χ1v) is 7.25. The largest absolute Gasteiger partial charge is 0.256 e. The molecular formula is C17H22FN. The summed E-state index contributed by atoms with van der Waals surface area (Å²) >= 11 is 0. The second kappa shape index (κ2) is 6.65. The summed E-state index contributed by atoms with van der Waals surface area (Å²) in [7, 11) is 0. The molecule has 1 heterocycles. The number of para-hydroxylation sites is 1. The molecule has 2 aromatic rings. The number of unbranched alkanes of at least 4 members (excludes halogenated alkanes) is 1. The van der Waals surface area contributed by atoms with E-state index in [1.807, 2.05) is 30.3 Å². The van der Waals surface area contributed by atoms with Crippen LogP contribution in [0.5, 0.6) is 0 Å². The Bertz CT molecular complexity index is 518. The second-order valence-electron chi connectivity index (χ2n) is 5.13. The van der Waals surface area contributed by atoms with E-state index >= 15 is 0 Å². The standard InChI is InChI=1S/C17H22FN/c1-3-5-8-13(4-2)16(18)15-11-6-9-14-10-7-12-19-17(14)15/h6-7,9-13,16H,3-5,8H2,1-2H3. The molecule has 0 bridgehead atoms. The number of hydrogen-bond donors (Lipinski definition) is 0. The molecule has 2 unspecified atom stereocenters. The first kappa shape index (κ1) is 14.0. The van der Waals surface area contributed by atoms with E-state index in [1.54, 1.807) is 6.20 Å². The highest BCUT2D eigenvalue weighted by Gasteiger charge is 2.22. The average molecular weight is 259 g/mol. The molecule has 1 aromatic carbocycles. The fourth-order valence-corrected chi connectivity index (χ4v) is 2.63.